The molecule has 20 heavy (non-hydrogen) atoms. The zero-order valence-electron chi connectivity index (χ0n) is 11.6. The van der Waals surface area contributed by atoms with Crippen molar-refractivity contribution in [3.05, 3.63) is 18.7 Å². The Bertz CT molecular complexity index is 386. The third kappa shape index (κ3) is 19.6. The van der Waals surface area contributed by atoms with E-state index in [1.165, 1.54) is 38.6 Å². The van der Waals surface area contributed by atoms with Crippen LogP contribution in [-0.2, 0) is 13.6 Å². The first-order valence-corrected chi connectivity index (χ1v) is 8.38. The van der Waals surface area contributed by atoms with Crippen molar-refractivity contribution in [3.63, 3.8) is 0 Å². The Morgan fingerprint density at radius 1 is 0.950 bits per heavy atom. The SMILES string of the molecule is CCCCCCCn1cc[n+](C)c1.F[P-](F)(F)(F)(F)F. The number of halogens is 6. The van der Waals surface area contributed by atoms with E-state index in [2.05, 4.69) is 41.8 Å². The summed E-state index contributed by atoms with van der Waals surface area (Å²) in [7, 11) is -8.59. The van der Waals surface area contributed by atoms with Gasteiger partial charge in [-0.25, -0.2) is 9.13 Å². The molecule has 1 aromatic rings. The summed E-state index contributed by atoms with van der Waals surface area (Å²) >= 11 is 0. The van der Waals surface area contributed by atoms with Crippen LogP contribution in [0.5, 0.6) is 0 Å². The third-order valence-electron chi connectivity index (χ3n) is 2.34. The molecular formula is C11H21F6N2P. The molecular weight excluding hydrogens is 305 g/mol. The summed E-state index contributed by atoms with van der Waals surface area (Å²) in [6.45, 7) is 3.43. The van der Waals surface area contributed by atoms with Gasteiger partial charge < -0.3 is 0 Å². The van der Waals surface area contributed by atoms with Gasteiger partial charge in [0, 0.05) is 0 Å². The molecule has 0 atom stereocenters. The van der Waals surface area contributed by atoms with E-state index < -0.39 is 7.81 Å². The number of aryl methyl sites for hydroxylation is 2. The summed E-state index contributed by atoms with van der Waals surface area (Å²) in [4.78, 5) is 0. The van der Waals surface area contributed by atoms with Gasteiger partial charge in [-0.1, -0.05) is 26.2 Å². The summed E-state index contributed by atoms with van der Waals surface area (Å²) in [5, 5.41) is 0. The van der Waals surface area contributed by atoms with Crippen LogP contribution in [0.3, 0.4) is 0 Å². The first kappa shape index (κ1) is 19.2. The fourth-order valence-corrected chi connectivity index (χ4v) is 1.53. The molecule has 0 fully saturated rings. The normalized spacial score (nSPS) is 15.0. The van der Waals surface area contributed by atoms with E-state index in [4.69, 9.17) is 0 Å². The Hall–Kier alpha value is -0.780. The van der Waals surface area contributed by atoms with Crippen molar-refractivity contribution in [1.82, 2.24) is 4.57 Å². The van der Waals surface area contributed by atoms with Crippen molar-refractivity contribution in [2.75, 3.05) is 0 Å². The van der Waals surface area contributed by atoms with Crippen molar-refractivity contribution in [1.29, 1.82) is 0 Å². The fourth-order valence-electron chi connectivity index (χ4n) is 1.53. The van der Waals surface area contributed by atoms with Crippen LogP contribution >= 0.6 is 7.81 Å². The van der Waals surface area contributed by atoms with Crippen molar-refractivity contribution in [2.24, 2.45) is 7.05 Å². The molecule has 0 spiro atoms. The summed E-state index contributed by atoms with van der Waals surface area (Å²) < 4.78 is 63.5. The van der Waals surface area contributed by atoms with Gasteiger partial charge in [-0.05, 0) is 12.8 Å². The topological polar surface area (TPSA) is 8.81 Å². The summed E-state index contributed by atoms with van der Waals surface area (Å²) in [5.41, 5.74) is 0. The zero-order chi connectivity index (χ0) is 15.9. The van der Waals surface area contributed by atoms with Gasteiger partial charge in [-0.15, -0.1) is 0 Å². The molecule has 122 valence electrons. The van der Waals surface area contributed by atoms with Gasteiger partial charge in [0.1, 0.15) is 12.4 Å². The van der Waals surface area contributed by atoms with Crippen molar-refractivity contribution < 1.29 is 29.7 Å². The minimum absolute atomic E-state index is 1.17. The Labute approximate surface area is 114 Å². The van der Waals surface area contributed by atoms with E-state index in [0.29, 0.717) is 0 Å². The number of hydrogen-bond donors (Lipinski definition) is 0. The van der Waals surface area contributed by atoms with Crippen LogP contribution in [0.15, 0.2) is 18.7 Å². The van der Waals surface area contributed by atoms with Gasteiger partial charge in [0.2, 0.25) is 6.33 Å². The monoisotopic (exact) mass is 326 g/mol. The van der Waals surface area contributed by atoms with Crippen LogP contribution in [0.2, 0.25) is 0 Å². The van der Waals surface area contributed by atoms with Crippen LogP contribution in [0, 0.1) is 0 Å². The van der Waals surface area contributed by atoms with Crippen molar-refractivity contribution >= 4 is 7.81 Å². The molecule has 0 aliphatic carbocycles. The van der Waals surface area contributed by atoms with Crippen molar-refractivity contribution in [2.45, 2.75) is 45.6 Å². The van der Waals surface area contributed by atoms with Crippen LogP contribution in [0.25, 0.3) is 0 Å². The number of imidazole rings is 1. The molecule has 0 radical (unpaired) electrons. The van der Waals surface area contributed by atoms with Gasteiger partial charge >= 0.3 is 33.0 Å². The number of aromatic nitrogens is 2. The Morgan fingerprint density at radius 3 is 1.85 bits per heavy atom. The van der Waals surface area contributed by atoms with Gasteiger partial charge in [0.15, 0.2) is 0 Å². The first-order valence-electron chi connectivity index (χ1n) is 6.35. The number of rotatable bonds is 6. The summed E-state index contributed by atoms with van der Waals surface area (Å²) in [5.74, 6) is 0. The van der Waals surface area contributed by atoms with E-state index in [-0.39, 0.29) is 0 Å². The van der Waals surface area contributed by atoms with Crippen LogP contribution in [0.1, 0.15) is 39.0 Å². The minimum atomic E-state index is -10.7. The Kier molecular flexibility index (Phi) is 6.08. The van der Waals surface area contributed by atoms with Gasteiger partial charge in [0.25, 0.3) is 0 Å². The van der Waals surface area contributed by atoms with E-state index in [1.54, 1.807) is 0 Å². The zero-order valence-corrected chi connectivity index (χ0v) is 12.5. The predicted octanol–water partition coefficient (Wildman–Crippen LogP) is 5.67. The van der Waals surface area contributed by atoms with Crippen LogP contribution < -0.4 is 4.57 Å². The molecule has 0 saturated carbocycles. The molecule has 0 aliphatic heterocycles. The van der Waals surface area contributed by atoms with E-state index >= 15 is 0 Å². The predicted molar refractivity (Wildman–Crippen MR) is 67.9 cm³/mol. The summed E-state index contributed by atoms with van der Waals surface area (Å²) in [6.07, 6.45) is 13.2. The van der Waals surface area contributed by atoms with Crippen LogP contribution in [-0.4, -0.2) is 4.57 Å². The molecule has 0 unspecified atom stereocenters. The first-order chi connectivity index (χ1) is 8.78. The average molecular weight is 326 g/mol. The second kappa shape index (κ2) is 6.33. The van der Waals surface area contributed by atoms with E-state index in [0.717, 1.165) is 0 Å². The number of unbranched alkanes of at least 4 members (excludes halogenated alkanes) is 4. The van der Waals surface area contributed by atoms with Gasteiger partial charge in [0.05, 0.1) is 13.6 Å². The van der Waals surface area contributed by atoms with Crippen LogP contribution in [0.4, 0.5) is 25.2 Å². The Balaban J connectivity index is 0.000000441. The second-order valence-corrected chi connectivity index (χ2v) is 6.61. The molecule has 0 aliphatic rings. The molecule has 0 saturated heterocycles. The molecule has 1 rings (SSSR count). The molecule has 2 nitrogen and oxygen atoms in total. The quantitative estimate of drug-likeness (QED) is 0.276. The number of hydrogen-bond acceptors (Lipinski definition) is 0. The number of nitrogens with zero attached hydrogens (tertiary/aromatic N) is 2. The third-order valence-corrected chi connectivity index (χ3v) is 2.34. The maximum absolute atomic E-state index is 10.7. The second-order valence-electron chi connectivity index (χ2n) is 4.69. The molecule has 1 heterocycles. The van der Waals surface area contributed by atoms with Gasteiger partial charge in [-0.3, -0.25) is 0 Å². The molecule has 0 N–H and O–H groups in total. The van der Waals surface area contributed by atoms with E-state index in [1.807, 2.05) is 0 Å². The van der Waals surface area contributed by atoms with Crippen molar-refractivity contribution in [3.8, 4) is 0 Å². The summed E-state index contributed by atoms with van der Waals surface area (Å²) in [6, 6.07) is 0. The molecule has 9 heteroatoms. The van der Waals surface area contributed by atoms with E-state index in [9.17, 15) is 25.2 Å². The average Bonchev–Trinajstić information content (AvgIpc) is 2.59. The molecule has 0 amide bonds. The molecule has 1 aromatic heterocycles. The maximum atomic E-state index is 9.87. The molecule has 0 aromatic carbocycles. The fraction of sp³-hybridized carbons (Fsp3) is 0.727. The van der Waals surface area contributed by atoms with Gasteiger partial charge in [-0.2, -0.15) is 0 Å². The standard InChI is InChI=1S/C11H21N2.F6P/c1-3-4-5-6-7-8-13-10-9-12(2)11-13;1-7(2,3,4,5)6/h9-11H,3-8H2,1-2H3;/q+1;-1. The molecule has 0 bridgehead atoms. The Morgan fingerprint density at radius 2 is 1.45 bits per heavy atom.